The molecule has 66 heavy (non-hydrogen) atoms. The van der Waals surface area contributed by atoms with E-state index >= 15 is 0 Å². The van der Waals surface area contributed by atoms with E-state index in [1.54, 1.807) is 26.0 Å². The molecule has 0 aliphatic heterocycles. The Morgan fingerprint density at radius 2 is 0.788 bits per heavy atom. The number of aliphatic hydroxyl groups is 2. The Bertz CT molecular complexity index is 2400. The molecule has 0 aromatic heterocycles. The van der Waals surface area contributed by atoms with E-state index in [-0.39, 0.29) is 12.8 Å². The summed E-state index contributed by atoms with van der Waals surface area (Å²) in [7, 11) is 0. The van der Waals surface area contributed by atoms with Crippen LogP contribution in [0.4, 0.5) is 11.4 Å². The molecule has 0 heterocycles. The molecule has 8 atom stereocenters. The number of benzene rings is 6. The van der Waals surface area contributed by atoms with Gasteiger partial charge in [-0.25, -0.2) is 0 Å². The van der Waals surface area contributed by atoms with Gasteiger partial charge in [0, 0.05) is 10.8 Å². The van der Waals surface area contributed by atoms with Gasteiger partial charge >= 0.3 is 0 Å². The SMILES string of the molecule is CC(C)[C@@H](C(=O)N[C@@H](Cc1ccccc1)[C@@H](O)[C@H](O)[C@H](Cc1ccccc1)NC(=O)[C@H](C(C)C)N(C(=O)[C@H](C)N)c1cccc2ccccc12)N(C(=O)[C@H](C)N)c1cccc2ccccc12. The minimum Gasteiger partial charge on any atom is -0.388 e. The van der Waals surface area contributed by atoms with Crippen LogP contribution < -0.4 is 31.9 Å². The van der Waals surface area contributed by atoms with Gasteiger partial charge in [-0.1, -0.05) is 161 Å². The van der Waals surface area contributed by atoms with E-state index < -0.39 is 83.9 Å². The summed E-state index contributed by atoms with van der Waals surface area (Å²) < 4.78 is 0. The summed E-state index contributed by atoms with van der Waals surface area (Å²) in [4.78, 5) is 61.2. The first-order valence-corrected chi connectivity index (χ1v) is 22.8. The number of hydrogen-bond acceptors (Lipinski definition) is 8. The van der Waals surface area contributed by atoms with Gasteiger partial charge in [0.25, 0.3) is 0 Å². The van der Waals surface area contributed by atoms with Crippen molar-refractivity contribution >= 4 is 56.5 Å². The maximum Gasteiger partial charge on any atom is 0.244 e. The molecule has 6 aromatic rings. The van der Waals surface area contributed by atoms with Crippen molar-refractivity contribution in [3.05, 3.63) is 157 Å². The van der Waals surface area contributed by atoms with Gasteiger partial charge in [-0.05, 0) is 72.6 Å². The van der Waals surface area contributed by atoms with Crippen LogP contribution in [0.15, 0.2) is 146 Å². The molecule has 4 amide bonds. The molecule has 6 aromatic carbocycles. The number of nitrogens with zero attached hydrogens (tertiary/aromatic N) is 2. The molecule has 0 aliphatic rings. The van der Waals surface area contributed by atoms with E-state index in [0.717, 1.165) is 32.7 Å². The van der Waals surface area contributed by atoms with E-state index in [4.69, 9.17) is 11.5 Å². The monoisotopic (exact) mass is 892 g/mol. The van der Waals surface area contributed by atoms with Crippen LogP contribution in [0.3, 0.4) is 0 Å². The van der Waals surface area contributed by atoms with Gasteiger partial charge in [-0.3, -0.25) is 29.0 Å². The molecule has 0 aliphatic carbocycles. The maximum absolute atomic E-state index is 15.0. The standard InChI is InChI=1S/C54H64N6O6/c1-33(2)47(59(53(65)35(5)55)45-29-17-25-39-23-13-15-27-41(39)45)51(63)57-43(31-37-19-9-7-10-20-37)49(61)50(62)44(32-38-21-11-8-12-22-38)58-52(64)48(34(3)4)60(54(66)36(6)56)46-30-18-26-40-24-14-16-28-42(40)46/h7-30,33-36,43-44,47-50,61-62H,31-32,55-56H2,1-6H3,(H,57,63)(H,58,64)/t35-,36-,43-,44-,47-,48-,49+,50+/m0/s1. The minimum absolute atomic E-state index is 0.0868. The van der Waals surface area contributed by atoms with Crippen molar-refractivity contribution in [1.29, 1.82) is 0 Å². The Balaban J connectivity index is 1.39. The number of aliphatic hydroxyl groups excluding tert-OH is 2. The fourth-order valence-corrected chi connectivity index (χ4v) is 8.79. The van der Waals surface area contributed by atoms with Gasteiger partial charge in [0.2, 0.25) is 23.6 Å². The molecule has 0 spiro atoms. The average molecular weight is 893 g/mol. The first-order valence-electron chi connectivity index (χ1n) is 22.8. The number of nitrogens with one attached hydrogen (secondary N) is 2. The van der Waals surface area contributed by atoms with Crippen molar-refractivity contribution in [3.8, 4) is 0 Å². The highest BCUT2D eigenvalue weighted by Gasteiger charge is 2.42. The van der Waals surface area contributed by atoms with Crippen LogP contribution in [0.2, 0.25) is 0 Å². The van der Waals surface area contributed by atoms with Gasteiger partial charge in [-0.2, -0.15) is 0 Å². The predicted octanol–water partition coefficient (Wildman–Crippen LogP) is 6.28. The van der Waals surface area contributed by atoms with E-state index in [0.29, 0.717) is 11.4 Å². The number of hydrogen-bond donors (Lipinski definition) is 6. The number of nitrogens with two attached hydrogens (primary N) is 2. The minimum atomic E-state index is -1.66. The predicted molar refractivity (Wildman–Crippen MR) is 264 cm³/mol. The van der Waals surface area contributed by atoms with Gasteiger partial charge in [0.05, 0.1) is 35.5 Å². The summed E-state index contributed by atoms with van der Waals surface area (Å²) in [5.74, 6) is -2.94. The quantitative estimate of drug-likeness (QED) is 0.0548. The van der Waals surface area contributed by atoms with Gasteiger partial charge < -0.3 is 32.3 Å². The number of fused-ring (bicyclic) bond motifs is 2. The Labute approximate surface area is 388 Å². The van der Waals surface area contributed by atoms with Crippen molar-refractivity contribution in [2.45, 2.75) is 103 Å². The zero-order chi connectivity index (χ0) is 47.7. The lowest BCUT2D eigenvalue weighted by Gasteiger charge is -2.39. The molecule has 6 rings (SSSR count). The lowest BCUT2D eigenvalue weighted by molar-refractivity contribution is -0.131. The van der Waals surface area contributed by atoms with Crippen molar-refractivity contribution < 1.29 is 29.4 Å². The molecular formula is C54H64N6O6. The first kappa shape index (κ1) is 49.0. The molecule has 346 valence electrons. The Morgan fingerprint density at radius 3 is 1.12 bits per heavy atom. The van der Waals surface area contributed by atoms with E-state index in [9.17, 15) is 29.4 Å². The summed E-state index contributed by atoms with van der Waals surface area (Å²) in [6.07, 6.45) is -3.15. The number of carbonyl (C=O) groups excluding carboxylic acids is 4. The van der Waals surface area contributed by atoms with Gasteiger partial charge in [-0.15, -0.1) is 0 Å². The Morgan fingerprint density at radius 1 is 0.470 bits per heavy atom. The number of amides is 4. The number of rotatable bonds is 19. The highest BCUT2D eigenvalue weighted by molar-refractivity contribution is 6.10. The largest absolute Gasteiger partial charge is 0.388 e. The molecular weight excluding hydrogens is 829 g/mol. The molecule has 0 saturated carbocycles. The molecule has 0 radical (unpaired) electrons. The highest BCUT2D eigenvalue weighted by Crippen LogP contribution is 2.33. The summed E-state index contributed by atoms with van der Waals surface area (Å²) in [5, 5.41) is 34.3. The molecule has 0 saturated heterocycles. The third-order valence-corrected chi connectivity index (χ3v) is 12.1. The summed E-state index contributed by atoms with van der Waals surface area (Å²) >= 11 is 0. The zero-order valence-corrected chi connectivity index (χ0v) is 38.6. The maximum atomic E-state index is 15.0. The molecule has 12 heteroatoms. The second-order valence-corrected chi connectivity index (χ2v) is 18.0. The van der Waals surface area contributed by atoms with E-state index in [2.05, 4.69) is 10.6 Å². The van der Waals surface area contributed by atoms with Crippen molar-refractivity contribution in [3.63, 3.8) is 0 Å². The van der Waals surface area contributed by atoms with Gasteiger partial charge in [0.1, 0.15) is 24.3 Å². The van der Waals surface area contributed by atoms with E-state index in [1.807, 2.05) is 161 Å². The van der Waals surface area contributed by atoms with Gasteiger partial charge in [0.15, 0.2) is 0 Å². The average Bonchev–Trinajstić information content (AvgIpc) is 3.31. The van der Waals surface area contributed by atoms with E-state index in [1.165, 1.54) is 9.80 Å². The van der Waals surface area contributed by atoms with Crippen LogP contribution >= 0.6 is 0 Å². The van der Waals surface area contributed by atoms with Crippen LogP contribution in [0.5, 0.6) is 0 Å². The normalized spacial score (nSPS) is 15.3. The second kappa shape index (κ2) is 22.2. The second-order valence-electron chi connectivity index (χ2n) is 18.0. The summed E-state index contributed by atoms with van der Waals surface area (Å²) in [6, 6.07) is 38.4. The lowest BCUT2D eigenvalue weighted by Crippen LogP contribution is -2.63. The van der Waals surface area contributed by atoms with Crippen LogP contribution in [0.25, 0.3) is 21.5 Å². The molecule has 0 unspecified atom stereocenters. The van der Waals surface area contributed by atoms with Crippen molar-refractivity contribution in [2.24, 2.45) is 23.3 Å². The third-order valence-electron chi connectivity index (χ3n) is 12.1. The van der Waals surface area contributed by atoms with Crippen molar-refractivity contribution in [1.82, 2.24) is 10.6 Å². The summed E-state index contributed by atoms with van der Waals surface area (Å²) in [5.41, 5.74) is 15.1. The molecule has 0 bridgehead atoms. The smallest absolute Gasteiger partial charge is 0.244 e. The first-order chi connectivity index (χ1) is 31.6. The highest BCUT2D eigenvalue weighted by atomic mass is 16.3. The molecule has 0 fully saturated rings. The third kappa shape index (κ3) is 11.3. The van der Waals surface area contributed by atoms with Crippen LogP contribution in [0, 0.1) is 11.8 Å². The fourth-order valence-electron chi connectivity index (χ4n) is 8.79. The van der Waals surface area contributed by atoms with Crippen LogP contribution in [-0.2, 0) is 32.0 Å². The number of anilines is 2. The van der Waals surface area contributed by atoms with Crippen molar-refractivity contribution in [2.75, 3.05) is 9.80 Å². The Kier molecular flexibility index (Phi) is 16.5. The molecule has 8 N–H and O–H groups in total. The Hall–Kier alpha value is -6.44. The summed E-state index contributed by atoms with van der Waals surface area (Å²) in [6.45, 7) is 10.5. The van der Waals surface area contributed by atoms with Crippen LogP contribution in [-0.4, -0.2) is 82.3 Å². The van der Waals surface area contributed by atoms with Crippen LogP contribution in [0.1, 0.15) is 52.7 Å². The zero-order valence-electron chi connectivity index (χ0n) is 38.6. The number of carbonyl (C=O) groups is 4. The molecule has 12 nitrogen and oxygen atoms in total. The fraction of sp³-hybridized carbons (Fsp3) is 0.333. The topological polar surface area (TPSA) is 191 Å². The lowest BCUT2D eigenvalue weighted by atomic mass is 9.89.